The first-order valence-corrected chi connectivity index (χ1v) is 15.0. The Morgan fingerprint density at radius 1 is 0.267 bits per heavy atom. The van der Waals surface area contributed by atoms with Crippen LogP contribution in [-0.2, 0) is 0 Å². The fourth-order valence-electron chi connectivity index (χ4n) is 3.60. The Kier molecular flexibility index (Phi) is 8.06. The fourth-order valence-corrected chi connectivity index (χ4v) is 7.27. The molecule has 0 saturated carbocycles. The molecule has 6 heteroatoms. The molecule has 156 valence electrons. The van der Waals surface area contributed by atoms with Crippen LogP contribution in [0, 0.1) is 0 Å². The van der Waals surface area contributed by atoms with Crippen LogP contribution in [0.5, 0.6) is 0 Å². The van der Waals surface area contributed by atoms with E-state index < -0.39 is 0 Å². The summed E-state index contributed by atoms with van der Waals surface area (Å²) in [6.07, 6.45) is 0. The summed E-state index contributed by atoms with van der Waals surface area (Å²) in [5.41, 5.74) is 7.50. The van der Waals surface area contributed by atoms with Gasteiger partial charge in [0.15, 0.2) is 0 Å². The third-order valence-electron chi connectivity index (χ3n) is 5.49. The molecule has 0 saturated heterocycles. The summed E-state index contributed by atoms with van der Waals surface area (Å²) < 4.78 is 0. The van der Waals surface area contributed by atoms with Gasteiger partial charge in [0.2, 0.25) is 0 Å². The molecule has 4 aliphatic rings. The van der Waals surface area contributed by atoms with Crippen molar-refractivity contribution in [3.63, 3.8) is 0 Å². The maximum atomic E-state index is 3.90. The topological polar surface area (TPSA) is 0 Å². The van der Waals surface area contributed by atoms with Crippen LogP contribution in [0.15, 0.2) is 72.8 Å². The van der Waals surface area contributed by atoms with Gasteiger partial charge in [-0.3, -0.25) is 0 Å². The van der Waals surface area contributed by atoms with Crippen molar-refractivity contribution in [2.75, 3.05) is 0 Å². The number of benzene rings is 3. The summed E-state index contributed by atoms with van der Waals surface area (Å²) in [5.74, 6) is 0. The number of hydrogen-bond acceptors (Lipinski definition) is 0. The normalized spacial score (nSPS) is 29.0. The van der Waals surface area contributed by atoms with E-state index in [9.17, 15) is 0 Å². The highest BCUT2D eigenvalue weighted by molar-refractivity contribution is 9.12. The van der Waals surface area contributed by atoms with Crippen LogP contribution in [0.1, 0.15) is 62.3 Å². The standard InChI is InChI=1S/C24H18Br6/c25-19-13-1-2-14(4-3-13)20(26)22(28)16-9-11-18(12-10-16)24(30)23(29)17-7-5-15(6-8-17)21(19)27/h1-12,19-24H/t19-,20-,21+,22+,23-,24+. The lowest BCUT2D eigenvalue weighted by Gasteiger charge is -2.23. The van der Waals surface area contributed by atoms with Gasteiger partial charge in [-0.2, -0.15) is 0 Å². The summed E-state index contributed by atoms with van der Waals surface area (Å²) in [7, 11) is 0. The second-order valence-corrected chi connectivity index (χ2v) is 13.3. The molecule has 6 bridgehead atoms. The van der Waals surface area contributed by atoms with Gasteiger partial charge in [-0.15, -0.1) is 0 Å². The number of fused-ring (bicyclic) bond motifs is 3. The van der Waals surface area contributed by atoms with E-state index in [0.29, 0.717) is 0 Å². The molecule has 6 atom stereocenters. The molecule has 0 radical (unpaired) electrons. The molecular weight excluding hydrogens is 768 g/mol. The van der Waals surface area contributed by atoms with Crippen molar-refractivity contribution in [1.29, 1.82) is 0 Å². The molecule has 0 unspecified atom stereocenters. The second kappa shape index (κ2) is 10.2. The maximum Gasteiger partial charge on any atom is 0.0561 e. The number of alkyl halides is 6. The van der Waals surface area contributed by atoms with Crippen LogP contribution in [0.2, 0.25) is 0 Å². The van der Waals surface area contributed by atoms with Gasteiger partial charge in [-0.25, -0.2) is 0 Å². The molecule has 0 N–H and O–H groups in total. The molecular formula is C24H18Br6. The van der Waals surface area contributed by atoms with E-state index in [4.69, 9.17) is 0 Å². The highest BCUT2D eigenvalue weighted by Gasteiger charge is 2.25. The predicted molar refractivity (Wildman–Crippen MR) is 149 cm³/mol. The van der Waals surface area contributed by atoms with Crippen molar-refractivity contribution in [2.45, 2.75) is 29.0 Å². The molecule has 0 aromatic heterocycles. The van der Waals surface area contributed by atoms with Gasteiger partial charge in [0.1, 0.15) is 0 Å². The molecule has 0 heterocycles. The zero-order chi connectivity index (χ0) is 21.4. The zero-order valence-corrected chi connectivity index (χ0v) is 25.2. The lowest BCUT2D eigenvalue weighted by atomic mass is 9.96. The molecule has 0 nitrogen and oxygen atoms in total. The van der Waals surface area contributed by atoms with Gasteiger partial charge in [0.25, 0.3) is 0 Å². The van der Waals surface area contributed by atoms with Gasteiger partial charge in [0, 0.05) is 0 Å². The first-order valence-electron chi connectivity index (χ1n) is 9.51. The minimum absolute atomic E-state index is 0.181. The van der Waals surface area contributed by atoms with Crippen molar-refractivity contribution in [3.05, 3.63) is 106 Å². The SMILES string of the molecule is Br[C@@H]1c2ccc(cc2)[C@@H](Br)[C@@H](Br)c2ccc(cc2)[C@H](Br)[C@H](Br)c2ccc(cc2)[C@@H]1Br. The Balaban J connectivity index is 1.80. The van der Waals surface area contributed by atoms with Crippen LogP contribution in [-0.4, -0.2) is 0 Å². The minimum Gasteiger partial charge on any atom is -0.0823 e. The Morgan fingerprint density at radius 3 is 0.467 bits per heavy atom. The molecule has 0 aliphatic heterocycles. The molecule has 7 rings (SSSR count). The van der Waals surface area contributed by atoms with E-state index in [1.807, 2.05) is 0 Å². The zero-order valence-electron chi connectivity index (χ0n) is 15.7. The highest BCUT2D eigenvalue weighted by Crippen LogP contribution is 2.47. The fraction of sp³-hybridized carbons (Fsp3) is 0.250. The third-order valence-corrected chi connectivity index (χ3v) is 14.0. The van der Waals surface area contributed by atoms with E-state index in [1.54, 1.807) is 0 Å². The van der Waals surface area contributed by atoms with Gasteiger partial charge >= 0.3 is 0 Å². The smallest absolute Gasteiger partial charge is 0.0561 e. The van der Waals surface area contributed by atoms with E-state index in [1.165, 1.54) is 33.4 Å². The van der Waals surface area contributed by atoms with Gasteiger partial charge in [-0.1, -0.05) is 168 Å². The summed E-state index contributed by atoms with van der Waals surface area (Å²) in [6.45, 7) is 0. The van der Waals surface area contributed by atoms with Crippen LogP contribution >= 0.6 is 95.6 Å². The van der Waals surface area contributed by atoms with E-state index >= 15 is 0 Å². The first-order chi connectivity index (χ1) is 14.4. The monoisotopic (exact) mass is 780 g/mol. The number of rotatable bonds is 0. The molecule has 30 heavy (non-hydrogen) atoms. The summed E-state index contributed by atoms with van der Waals surface area (Å²) in [4.78, 5) is 1.09. The van der Waals surface area contributed by atoms with Gasteiger partial charge < -0.3 is 0 Å². The molecule has 0 amide bonds. The first kappa shape index (κ1) is 23.7. The van der Waals surface area contributed by atoms with Crippen molar-refractivity contribution in [1.82, 2.24) is 0 Å². The van der Waals surface area contributed by atoms with Gasteiger partial charge in [0.05, 0.1) is 29.0 Å². The Bertz CT molecular complexity index is 771. The van der Waals surface area contributed by atoms with Gasteiger partial charge in [-0.05, 0) is 33.4 Å². The molecule has 4 aliphatic carbocycles. The largest absolute Gasteiger partial charge is 0.0823 e. The van der Waals surface area contributed by atoms with Crippen molar-refractivity contribution >= 4 is 95.6 Å². The quantitative estimate of drug-likeness (QED) is 0.199. The molecule has 3 aromatic rings. The van der Waals surface area contributed by atoms with E-state index in [2.05, 4.69) is 168 Å². The van der Waals surface area contributed by atoms with Crippen LogP contribution in [0.25, 0.3) is 0 Å². The molecule has 3 aromatic carbocycles. The second-order valence-electron chi connectivity index (χ2n) is 7.41. The summed E-state index contributed by atoms with van der Waals surface area (Å²) in [5, 5.41) is 0. The number of halogens is 6. The number of hydrogen-bond donors (Lipinski definition) is 0. The molecule has 0 fully saturated rings. The average molecular weight is 786 g/mol. The van der Waals surface area contributed by atoms with Crippen molar-refractivity contribution in [2.24, 2.45) is 0 Å². The van der Waals surface area contributed by atoms with Crippen molar-refractivity contribution in [3.8, 4) is 0 Å². The minimum atomic E-state index is 0.181. The predicted octanol–water partition coefficient (Wildman–Crippen LogP) is 10.7. The summed E-state index contributed by atoms with van der Waals surface area (Å²) in [6, 6.07) is 26.5. The van der Waals surface area contributed by atoms with Crippen LogP contribution in [0.3, 0.4) is 0 Å². The van der Waals surface area contributed by atoms with E-state index in [0.717, 1.165) is 0 Å². The average Bonchev–Trinajstić information content (AvgIpc) is 2.81. The Morgan fingerprint density at radius 2 is 0.367 bits per heavy atom. The van der Waals surface area contributed by atoms with E-state index in [-0.39, 0.29) is 29.0 Å². The highest BCUT2D eigenvalue weighted by atomic mass is 79.9. The lowest BCUT2D eigenvalue weighted by molar-refractivity contribution is 0.901. The van der Waals surface area contributed by atoms with Crippen molar-refractivity contribution < 1.29 is 0 Å². The maximum absolute atomic E-state index is 3.90. The molecule has 0 spiro atoms. The van der Waals surface area contributed by atoms with Crippen LogP contribution < -0.4 is 0 Å². The Hall–Kier alpha value is 0.540. The summed E-state index contributed by atoms with van der Waals surface area (Å²) >= 11 is 23.4. The lowest BCUT2D eigenvalue weighted by Crippen LogP contribution is -2.04. The Labute approximate surface area is 228 Å². The van der Waals surface area contributed by atoms with Crippen LogP contribution in [0.4, 0.5) is 0 Å². The third kappa shape index (κ3) is 4.89.